The van der Waals surface area contributed by atoms with Gasteiger partial charge < -0.3 is 19.4 Å². The lowest BCUT2D eigenvalue weighted by Gasteiger charge is -2.19. The number of amides is 2. The molecule has 8 heteroatoms. The molecule has 0 radical (unpaired) electrons. The van der Waals surface area contributed by atoms with Gasteiger partial charge in [-0.3, -0.25) is 14.4 Å². The van der Waals surface area contributed by atoms with Crippen molar-refractivity contribution in [2.75, 3.05) is 25.0 Å². The summed E-state index contributed by atoms with van der Waals surface area (Å²) in [6.45, 7) is 4.61. The summed E-state index contributed by atoms with van der Waals surface area (Å²) in [6, 6.07) is 14.0. The summed E-state index contributed by atoms with van der Waals surface area (Å²) >= 11 is 0. The number of fused-ring (bicyclic) bond motifs is 1. The van der Waals surface area contributed by atoms with Crippen molar-refractivity contribution in [1.29, 1.82) is 0 Å². The van der Waals surface area contributed by atoms with Crippen LogP contribution in [0.1, 0.15) is 36.5 Å². The van der Waals surface area contributed by atoms with E-state index in [0.717, 1.165) is 5.52 Å². The van der Waals surface area contributed by atoms with Gasteiger partial charge in [-0.15, -0.1) is 0 Å². The van der Waals surface area contributed by atoms with E-state index in [9.17, 15) is 14.4 Å². The number of aryl methyl sites for hydroxylation is 1. The molecule has 0 saturated heterocycles. The summed E-state index contributed by atoms with van der Waals surface area (Å²) in [4.78, 5) is 42.5. The molecule has 162 valence electrons. The first-order chi connectivity index (χ1) is 15.0. The molecule has 0 unspecified atom stereocenters. The summed E-state index contributed by atoms with van der Waals surface area (Å²) in [6.07, 6.45) is 0.332. The second kappa shape index (κ2) is 10.4. The average Bonchev–Trinajstić information content (AvgIpc) is 3.20. The van der Waals surface area contributed by atoms with Crippen LogP contribution in [0.3, 0.4) is 0 Å². The Morgan fingerprint density at radius 1 is 1.06 bits per heavy atom. The summed E-state index contributed by atoms with van der Waals surface area (Å²) in [7, 11) is 0. The van der Waals surface area contributed by atoms with Crippen LogP contribution in [-0.2, 0) is 20.7 Å². The van der Waals surface area contributed by atoms with Gasteiger partial charge in [0.25, 0.3) is 11.8 Å². The number of hydrogen-bond donors (Lipinski definition) is 1. The van der Waals surface area contributed by atoms with Crippen LogP contribution in [0.2, 0.25) is 0 Å². The molecule has 31 heavy (non-hydrogen) atoms. The van der Waals surface area contributed by atoms with Crippen LogP contribution < -0.4 is 5.32 Å². The van der Waals surface area contributed by atoms with E-state index in [1.807, 2.05) is 32.0 Å². The molecule has 0 fully saturated rings. The maximum atomic E-state index is 12.4. The highest BCUT2D eigenvalue weighted by molar-refractivity contribution is 5.97. The quantitative estimate of drug-likeness (QED) is 0.529. The van der Waals surface area contributed by atoms with Gasteiger partial charge in [0.1, 0.15) is 5.52 Å². The molecule has 3 aromatic rings. The predicted octanol–water partition coefficient (Wildman–Crippen LogP) is 3.42. The van der Waals surface area contributed by atoms with Crippen LogP contribution in [0.4, 0.5) is 5.69 Å². The molecule has 0 aliphatic heterocycles. The fraction of sp³-hybridized carbons (Fsp3) is 0.304. The molecule has 1 aromatic heterocycles. The fourth-order valence-corrected chi connectivity index (χ4v) is 3.07. The lowest BCUT2D eigenvalue weighted by atomic mass is 10.1. The number of nitrogens with one attached hydrogen (secondary N) is 1. The van der Waals surface area contributed by atoms with E-state index in [2.05, 4.69) is 10.3 Å². The van der Waals surface area contributed by atoms with Gasteiger partial charge in [0.15, 0.2) is 18.1 Å². The van der Waals surface area contributed by atoms with Gasteiger partial charge in [-0.2, -0.15) is 0 Å². The van der Waals surface area contributed by atoms with Gasteiger partial charge in [0.2, 0.25) is 0 Å². The second-order valence-electron chi connectivity index (χ2n) is 6.84. The Morgan fingerprint density at radius 3 is 2.58 bits per heavy atom. The minimum Gasteiger partial charge on any atom is -0.456 e. The standard InChI is InChI=1S/C23H25N3O5/c1-3-26(4-2)23(29)16-8-7-9-17(14-16)24-20(27)15-30-22(28)13-12-21-25-18-10-5-6-11-19(18)31-21/h5-11,14H,3-4,12-13,15H2,1-2H3,(H,24,27). The van der Waals surface area contributed by atoms with Crippen molar-refractivity contribution in [1.82, 2.24) is 9.88 Å². The Labute approximate surface area is 180 Å². The summed E-state index contributed by atoms with van der Waals surface area (Å²) < 4.78 is 10.6. The lowest BCUT2D eigenvalue weighted by Crippen LogP contribution is -2.30. The predicted molar refractivity (Wildman–Crippen MR) is 116 cm³/mol. The summed E-state index contributed by atoms with van der Waals surface area (Å²) in [5, 5.41) is 2.64. The first kappa shape index (κ1) is 22.0. The summed E-state index contributed by atoms with van der Waals surface area (Å²) in [5.74, 6) is -0.672. The molecule has 0 atom stereocenters. The second-order valence-corrected chi connectivity index (χ2v) is 6.84. The van der Waals surface area contributed by atoms with Crippen molar-refractivity contribution in [3.05, 3.63) is 60.0 Å². The van der Waals surface area contributed by atoms with Crippen molar-refractivity contribution < 1.29 is 23.5 Å². The van der Waals surface area contributed by atoms with E-state index >= 15 is 0 Å². The Kier molecular flexibility index (Phi) is 7.37. The first-order valence-corrected chi connectivity index (χ1v) is 10.2. The van der Waals surface area contributed by atoms with E-state index in [0.29, 0.717) is 35.8 Å². The number of aromatic nitrogens is 1. The van der Waals surface area contributed by atoms with Crippen molar-refractivity contribution in [3.63, 3.8) is 0 Å². The Morgan fingerprint density at radius 2 is 1.84 bits per heavy atom. The number of hydrogen-bond acceptors (Lipinski definition) is 6. The maximum Gasteiger partial charge on any atom is 0.306 e. The topological polar surface area (TPSA) is 102 Å². The number of nitrogens with zero attached hydrogens (tertiary/aromatic N) is 2. The van der Waals surface area contributed by atoms with Crippen LogP contribution in [0, 0.1) is 0 Å². The third kappa shape index (κ3) is 5.91. The number of para-hydroxylation sites is 2. The summed E-state index contributed by atoms with van der Waals surface area (Å²) in [5.41, 5.74) is 2.33. The van der Waals surface area contributed by atoms with Gasteiger partial charge in [-0.05, 0) is 44.2 Å². The molecule has 1 heterocycles. The molecular formula is C23H25N3O5. The van der Waals surface area contributed by atoms with Crippen LogP contribution in [0.25, 0.3) is 11.1 Å². The molecule has 1 N–H and O–H groups in total. The molecule has 0 aliphatic carbocycles. The highest BCUT2D eigenvalue weighted by Gasteiger charge is 2.14. The number of rotatable bonds is 9. The first-order valence-electron chi connectivity index (χ1n) is 10.2. The minimum atomic E-state index is -0.525. The number of anilines is 1. The number of ether oxygens (including phenoxy) is 1. The number of esters is 1. The molecule has 0 saturated carbocycles. The van der Waals surface area contributed by atoms with E-state index in [1.54, 1.807) is 35.2 Å². The maximum absolute atomic E-state index is 12.4. The highest BCUT2D eigenvalue weighted by atomic mass is 16.5. The van der Waals surface area contributed by atoms with Gasteiger partial charge in [0.05, 0.1) is 6.42 Å². The molecule has 3 rings (SSSR count). The number of benzene rings is 2. The molecule has 0 aliphatic rings. The fourth-order valence-electron chi connectivity index (χ4n) is 3.07. The van der Waals surface area contributed by atoms with E-state index < -0.39 is 18.5 Å². The zero-order valence-corrected chi connectivity index (χ0v) is 17.6. The van der Waals surface area contributed by atoms with E-state index in [1.165, 1.54) is 0 Å². The average molecular weight is 423 g/mol. The van der Waals surface area contributed by atoms with Crippen molar-refractivity contribution in [2.24, 2.45) is 0 Å². The zero-order chi connectivity index (χ0) is 22.2. The van der Waals surface area contributed by atoms with Crippen LogP contribution in [0.5, 0.6) is 0 Å². The van der Waals surface area contributed by atoms with E-state index in [4.69, 9.17) is 9.15 Å². The zero-order valence-electron chi connectivity index (χ0n) is 17.6. The smallest absolute Gasteiger partial charge is 0.306 e. The van der Waals surface area contributed by atoms with Gasteiger partial charge in [-0.1, -0.05) is 18.2 Å². The molecular weight excluding hydrogens is 398 g/mol. The molecule has 8 nitrogen and oxygen atoms in total. The third-order valence-corrected chi connectivity index (χ3v) is 4.69. The molecule has 0 spiro atoms. The molecule has 2 amide bonds. The Balaban J connectivity index is 1.46. The van der Waals surface area contributed by atoms with Gasteiger partial charge in [-0.25, -0.2) is 4.98 Å². The van der Waals surface area contributed by atoms with Crippen molar-refractivity contribution in [3.8, 4) is 0 Å². The normalized spacial score (nSPS) is 10.6. The van der Waals surface area contributed by atoms with Crippen molar-refractivity contribution in [2.45, 2.75) is 26.7 Å². The minimum absolute atomic E-state index is 0.0496. The third-order valence-electron chi connectivity index (χ3n) is 4.69. The van der Waals surface area contributed by atoms with Crippen molar-refractivity contribution >= 4 is 34.6 Å². The lowest BCUT2D eigenvalue weighted by molar-refractivity contribution is -0.147. The van der Waals surface area contributed by atoms with Crippen LogP contribution >= 0.6 is 0 Å². The number of carbonyl (C=O) groups is 3. The Hall–Kier alpha value is -3.68. The molecule has 2 aromatic carbocycles. The SMILES string of the molecule is CCN(CC)C(=O)c1cccc(NC(=O)COC(=O)CCc2nc3ccccc3o2)c1. The molecule has 0 bridgehead atoms. The van der Waals surface area contributed by atoms with E-state index in [-0.39, 0.29) is 18.7 Å². The van der Waals surface area contributed by atoms with Crippen LogP contribution in [-0.4, -0.2) is 47.4 Å². The van der Waals surface area contributed by atoms with Crippen LogP contribution in [0.15, 0.2) is 52.9 Å². The van der Waals surface area contributed by atoms with Gasteiger partial charge in [0, 0.05) is 30.8 Å². The number of carbonyl (C=O) groups excluding carboxylic acids is 3. The number of oxazole rings is 1. The Bertz CT molecular complexity index is 1040. The monoisotopic (exact) mass is 423 g/mol. The highest BCUT2D eigenvalue weighted by Crippen LogP contribution is 2.16. The largest absolute Gasteiger partial charge is 0.456 e. The van der Waals surface area contributed by atoms with Gasteiger partial charge >= 0.3 is 5.97 Å².